The lowest BCUT2D eigenvalue weighted by Crippen LogP contribution is -1.95. The Morgan fingerprint density at radius 2 is 1.82 bits per heavy atom. The maximum Gasteiger partial charge on any atom is 0.0745 e. The monoisotopic (exact) mass is 223 g/mol. The molecule has 17 heavy (non-hydrogen) atoms. The van der Waals surface area contributed by atoms with Gasteiger partial charge in [-0.3, -0.25) is 0 Å². The van der Waals surface area contributed by atoms with Crippen molar-refractivity contribution in [3.8, 4) is 5.69 Å². The van der Waals surface area contributed by atoms with E-state index in [1.54, 1.807) is 0 Å². The Morgan fingerprint density at radius 3 is 2.59 bits per heavy atom. The molecule has 0 radical (unpaired) electrons. The van der Waals surface area contributed by atoms with Gasteiger partial charge in [0.15, 0.2) is 0 Å². The zero-order valence-corrected chi connectivity index (χ0v) is 9.59. The highest BCUT2D eigenvalue weighted by atomic mass is 15.3. The van der Waals surface area contributed by atoms with E-state index in [9.17, 15) is 0 Å². The van der Waals surface area contributed by atoms with E-state index in [0.29, 0.717) is 0 Å². The van der Waals surface area contributed by atoms with Crippen LogP contribution in [0.3, 0.4) is 0 Å². The van der Waals surface area contributed by atoms with Crippen LogP contribution in [0, 0.1) is 6.92 Å². The smallest absolute Gasteiger partial charge is 0.0745 e. The first-order valence-corrected chi connectivity index (χ1v) is 5.56. The van der Waals surface area contributed by atoms with Gasteiger partial charge in [-0.15, -0.1) is 0 Å². The summed E-state index contributed by atoms with van der Waals surface area (Å²) >= 11 is 0. The Morgan fingerprint density at radius 1 is 1.06 bits per heavy atom. The van der Waals surface area contributed by atoms with E-state index < -0.39 is 0 Å². The van der Waals surface area contributed by atoms with E-state index in [2.05, 4.69) is 5.10 Å². The molecule has 0 aliphatic heterocycles. The van der Waals surface area contributed by atoms with Crippen LogP contribution in [-0.4, -0.2) is 9.78 Å². The summed E-state index contributed by atoms with van der Waals surface area (Å²) in [4.78, 5) is 0. The number of aryl methyl sites for hydroxylation is 1. The van der Waals surface area contributed by atoms with Gasteiger partial charge in [-0.2, -0.15) is 5.10 Å². The van der Waals surface area contributed by atoms with Crippen molar-refractivity contribution in [2.45, 2.75) is 6.92 Å². The third kappa shape index (κ3) is 1.56. The van der Waals surface area contributed by atoms with Gasteiger partial charge in [0.2, 0.25) is 0 Å². The number of fused-ring (bicyclic) bond motifs is 1. The van der Waals surface area contributed by atoms with Crippen molar-refractivity contribution < 1.29 is 0 Å². The fourth-order valence-corrected chi connectivity index (χ4v) is 2.05. The van der Waals surface area contributed by atoms with Gasteiger partial charge in [-0.25, -0.2) is 4.68 Å². The Hall–Kier alpha value is -2.29. The Kier molecular flexibility index (Phi) is 2.11. The number of para-hydroxylation sites is 1. The van der Waals surface area contributed by atoms with E-state index in [4.69, 9.17) is 5.73 Å². The molecule has 3 heteroatoms. The molecule has 0 aliphatic rings. The van der Waals surface area contributed by atoms with Crippen molar-refractivity contribution in [3.63, 3.8) is 0 Å². The number of rotatable bonds is 1. The quantitative estimate of drug-likeness (QED) is 0.644. The second kappa shape index (κ2) is 3.63. The van der Waals surface area contributed by atoms with Gasteiger partial charge in [-0.05, 0) is 37.3 Å². The number of nitrogens with two attached hydrogens (primary N) is 1. The number of aromatic nitrogens is 2. The molecule has 3 rings (SSSR count). The maximum atomic E-state index is 5.80. The van der Waals surface area contributed by atoms with E-state index in [1.165, 1.54) is 0 Å². The largest absolute Gasteiger partial charge is 0.399 e. The minimum atomic E-state index is 0.771. The standard InChI is InChI=1S/C14H13N3/c1-10-13-9-11(15)7-8-14(13)17(16-10)12-5-3-2-4-6-12/h2-9H,15H2,1H3. The predicted molar refractivity (Wildman–Crippen MR) is 70.2 cm³/mol. The van der Waals surface area contributed by atoms with Gasteiger partial charge in [-0.1, -0.05) is 18.2 Å². The molecule has 0 unspecified atom stereocenters. The second-order valence-corrected chi connectivity index (χ2v) is 4.11. The third-order valence-electron chi connectivity index (χ3n) is 2.89. The summed E-state index contributed by atoms with van der Waals surface area (Å²) < 4.78 is 1.95. The number of nitrogens with zero attached hydrogens (tertiary/aromatic N) is 2. The number of benzene rings is 2. The summed E-state index contributed by atoms with van der Waals surface area (Å²) in [5.41, 5.74) is 9.72. The summed E-state index contributed by atoms with van der Waals surface area (Å²) in [5, 5.41) is 5.67. The number of nitrogen functional groups attached to an aromatic ring is 1. The third-order valence-corrected chi connectivity index (χ3v) is 2.89. The van der Waals surface area contributed by atoms with Crippen LogP contribution in [-0.2, 0) is 0 Å². The van der Waals surface area contributed by atoms with E-state index >= 15 is 0 Å². The van der Waals surface area contributed by atoms with Crippen LogP contribution in [0.5, 0.6) is 0 Å². The highest BCUT2D eigenvalue weighted by molar-refractivity contribution is 5.86. The predicted octanol–water partition coefficient (Wildman–Crippen LogP) is 2.92. The zero-order chi connectivity index (χ0) is 11.8. The molecule has 84 valence electrons. The molecular formula is C14H13N3. The fourth-order valence-electron chi connectivity index (χ4n) is 2.05. The molecule has 0 aliphatic carbocycles. The van der Waals surface area contributed by atoms with Gasteiger partial charge in [0.25, 0.3) is 0 Å². The Bertz CT molecular complexity index is 669. The lowest BCUT2D eigenvalue weighted by Gasteiger charge is -2.02. The molecular weight excluding hydrogens is 210 g/mol. The van der Waals surface area contributed by atoms with E-state index in [0.717, 1.165) is 28.0 Å². The van der Waals surface area contributed by atoms with E-state index in [1.807, 2.05) is 60.1 Å². The van der Waals surface area contributed by atoms with Crippen LogP contribution >= 0.6 is 0 Å². The summed E-state index contributed by atoms with van der Waals surface area (Å²) in [6, 6.07) is 16.0. The Balaban J connectivity index is 2.32. The van der Waals surface area contributed by atoms with Crippen molar-refractivity contribution >= 4 is 16.6 Å². The topological polar surface area (TPSA) is 43.8 Å². The molecule has 0 saturated carbocycles. The van der Waals surface area contributed by atoms with Gasteiger partial charge in [0, 0.05) is 11.1 Å². The first-order valence-electron chi connectivity index (χ1n) is 5.56. The van der Waals surface area contributed by atoms with Crippen molar-refractivity contribution in [1.29, 1.82) is 0 Å². The van der Waals surface area contributed by atoms with Crippen LogP contribution in [0.25, 0.3) is 16.6 Å². The van der Waals surface area contributed by atoms with Crippen LogP contribution in [0.2, 0.25) is 0 Å². The fraction of sp³-hybridized carbons (Fsp3) is 0.0714. The lowest BCUT2D eigenvalue weighted by atomic mass is 10.2. The zero-order valence-electron chi connectivity index (χ0n) is 9.59. The van der Waals surface area contributed by atoms with Gasteiger partial charge in [0.1, 0.15) is 0 Å². The van der Waals surface area contributed by atoms with Gasteiger partial charge in [0.05, 0.1) is 16.9 Å². The van der Waals surface area contributed by atoms with Crippen molar-refractivity contribution in [3.05, 3.63) is 54.2 Å². The van der Waals surface area contributed by atoms with Crippen molar-refractivity contribution in [1.82, 2.24) is 9.78 Å². The molecule has 0 bridgehead atoms. The van der Waals surface area contributed by atoms with Crippen molar-refractivity contribution in [2.24, 2.45) is 0 Å². The summed E-state index contributed by atoms with van der Waals surface area (Å²) in [6.07, 6.45) is 0. The molecule has 0 saturated heterocycles. The van der Waals surface area contributed by atoms with Crippen LogP contribution < -0.4 is 5.73 Å². The molecule has 0 spiro atoms. The highest BCUT2D eigenvalue weighted by Crippen LogP contribution is 2.23. The second-order valence-electron chi connectivity index (χ2n) is 4.11. The maximum absolute atomic E-state index is 5.80. The van der Waals surface area contributed by atoms with E-state index in [-0.39, 0.29) is 0 Å². The number of hydrogen-bond acceptors (Lipinski definition) is 2. The molecule has 1 aromatic heterocycles. The average Bonchev–Trinajstić information content (AvgIpc) is 2.68. The normalized spacial score (nSPS) is 10.9. The molecule has 3 nitrogen and oxygen atoms in total. The first kappa shape index (κ1) is 9.90. The van der Waals surface area contributed by atoms with Crippen LogP contribution in [0.4, 0.5) is 5.69 Å². The van der Waals surface area contributed by atoms with Gasteiger partial charge >= 0.3 is 0 Å². The van der Waals surface area contributed by atoms with Crippen molar-refractivity contribution in [2.75, 3.05) is 5.73 Å². The summed E-state index contributed by atoms with van der Waals surface area (Å²) in [5.74, 6) is 0. The van der Waals surface area contributed by atoms with Crippen LogP contribution in [0.1, 0.15) is 5.69 Å². The minimum Gasteiger partial charge on any atom is -0.399 e. The summed E-state index contributed by atoms with van der Waals surface area (Å²) in [7, 11) is 0. The highest BCUT2D eigenvalue weighted by Gasteiger charge is 2.08. The molecule has 0 atom stereocenters. The van der Waals surface area contributed by atoms with Gasteiger partial charge < -0.3 is 5.73 Å². The molecule has 3 aromatic rings. The molecule has 0 fully saturated rings. The lowest BCUT2D eigenvalue weighted by molar-refractivity contribution is 0.889. The molecule has 2 aromatic carbocycles. The van der Waals surface area contributed by atoms with Crippen LogP contribution in [0.15, 0.2) is 48.5 Å². The average molecular weight is 223 g/mol. The number of hydrogen-bond donors (Lipinski definition) is 1. The SMILES string of the molecule is Cc1nn(-c2ccccc2)c2ccc(N)cc12. The molecule has 1 heterocycles. The molecule has 2 N–H and O–H groups in total. The summed E-state index contributed by atoms with van der Waals surface area (Å²) in [6.45, 7) is 2.00. The Labute approximate surface area is 99.5 Å². The minimum absolute atomic E-state index is 0.771. The first-order chi connectivity index (χ1) is 8.25. The molecule has 0 amide bonds. The number of anilines is 1.